The molecule has 0 aliphatic rings. The van der Waals surface area contributed by atoms with Gasteiger partial charge in [-0.15, -0.1) is 0 Å². The maximum absolute atomic E-state index is 5.96. The molecule has 0 saturated heterocycles. The Labute approximate surface area is 156 Å². The predicted molar refractivity (Wildman–Crippen MR) is 102 cm³/mol. The zero-order chi connectivity index (χ0) is 18.6. The van der Waals surface area contributed by atoms with Crippen molar-refractivity contribution in [1.29, 1.82) is 0 Å². The van der Waals surface area contributed by atoms with Crippen molar-refractivity contribution in [3.8, 4) is 17.4 Å². The van der Waals surface area contributed by atoms with E-state index in [2.05, 4.69) is 20.4 Å². The van der Waals surface area contributed by atoms with Gasteiger partial charge in [0.15, 0.2) is 5.82 Å². The fourth-order valence-corrected chi connectivity index (χ4v) is 2.79. The molecule has 0 aliphatic carbocycles. The van der Waals surface area contributed by atoms with Crippen LogP contribution in [0.3, 0.4) is 0 Å². The van der Waals surface area contributed by atoms with Gasteiger partial charge in [-0.3, -0.25) is 0 Å². The summed E-state index contributed by atoms with van der Waals surface area (Å²) in [4.78, 5) is 8.79. The van der Waals surface area contributed by atoms with Crippen molar-refractivity contribution in [2.45, 2.75) is 13.5 Å². The standard InChI is InChI=1S/C20H19N5O2/c1-14-11-18-19(21-9-10-25(18)24-14)23-13-15-5-4-8-22-20(15)27-17-7-3-6-16(12-17)26-2/h3-12H,13H2,1-2H3,(H,21,23). The van der Waals surface area contributed by atoms with E-state index in [0.717, 1.165) is 28.3 Å². The summed E-state index contributed by atoms with van der Waals surface area (Å²) < 4.78 is 13.0. The quantitative estimate of drug-likeness (QED) is 0.562. The summed E-state index contributed by atoms with van der Waals surface area (Å²) in [5, 5.41) is 7.76. The lowest BCUT2D eigenvalue weighted by Gasteiger charge is -2.12. The number of hydrogen-bond donors (Lipinski definition) is 1. The average Bonchev–Trinajstić information content (AvgIpc) is 3.08. The highest BCUT2D eigenvalue weighted by Gasteiger charge is 2.09. The minimum Gasteiger partial charge on any atom is -0.497 e. The molecule has 0 aliphatic heterocycles. The summed E-state index contributed by atoms with van der Waals surface area (Å²) in [6.07, 6.45) is 5.26. The number of hydrogen-bond acceptors (Lipinski definition) is 6. The number of aryl methyl sites for hydroxylation is 1. The van der Waals surface area contributed by atoms with Gasteiger partial charge >= 0.3 is 0 Å². The summed E-state index contributed by atoms with van der Waals surface area (Å²) in [5.74, 6) is 2.69. The summed E-state index contributed by atoms with van der Waals surface area (Å²) in [5.41, 5.74) is 2.78. The number of fused-ring (bicyclic) bond motifs is 1. The van der Waals surface area contributed by atoms with Crippen LogP contribution in [0.4, 0.5) is 5.82 Å². The van der Waals surface area contributed by atoms with E-state index in [1.54, 1.807) is 19.5 Å². The molecule has 1 aromatic carbocycles. The van der Waals surface area contributed by atoms with Gasteiger partial charge in [-0.25, -0.2) is 14.5 Å². The minimum atomic E-state index is 0.518. The molecule has 0 spiro atoms. The number of rotatable bonds is 6. The molecule has 7 heteroatoms. The lowest BCUT2D eigenvalue weighted by molar-refractivity contribution is 0.406. The molecule has 3 aromatic heterocycles. The predicted octanol–water partition coefficient (Wildman–Crippen LogP) is 3.85. The number of aromatic nitrogens is 4. The average molecular weight is 361 g/mol. The Balaban J connectivity index is 1.56. The van der Waals surface area contributed by atoms with E-state index < -0.39 is 0 Å². The summed E-state index contributed by atoms with van der Waals surface area (Å²) in [6.45, 7) is 2.47. The molecular formula is C20H19N5O2. The third-order valence-corrected chi connectivity index (χ3v) is 4.06. The first-order valence-corrected chi connectivity index (χ1v) is 8.53. The van der Waals surface area contributed by atoms with Gasteiger partial charge in [-0.1, -0.05) is 12.1 Å². The minimum absolute atomic E-state index is 0.518. The van der Waals surface area contributed by atoms with E-state index in [4.69, 9.17) is 9.47 Å². The Morgan fingerprint density at radius 1 is 1.04 bits per heavy atom. The van der Waals surface area contributed by atoms with Crippen molar-refractivity contribution in [3.63, 3.8) is 0 Å². The molecule has 0 radical (unpaired) electrons. The number of anilines is 1. The molecule has 4 aromatic rings. The van der Waals surface area contributed by atoms with Gasteiger partial charge in [-0.05, 0) is 31.2 Å². The molecule has 27 heavy (non-hydrogen) atoms. The van der Waals surface area contributed by atoms with Crippen LogP contribution >= 0.6 is 0 Å². The van der Waals surface area contributed by atoms with Crippen molar-refractivity contribution in [1.82, 2.24) is 19.6 Å². The molecule has 0 fully saturated rings. The zero-order valence-electron chi connectivity index (χ0n) is 15.1. The first kappa shape index (κ1) is 16.8. The van der Waals surface area contributed by atoms with E-state index in [0.29, 0.717) is 18.2 Å². The molecular weight excluding hydrogens is 342 g/mol. The molecule has 4 rings (SSSR count). The highest BCUT2D eigenvalue weighted by molar-refractivity contribution is 5.67. The SMILES string of the molecule is COc1cccc(Oc2ncccc2CNc2nccn3nc(C)cc23)c1. The smallest absolute Gasteiger partial charge is 0.224 e. The zero-order valence-corrected chi connectivity index (χ0v) is 15.1. The number of methoxy groups -OCH3 is 1. The Hall–Kier alpha value is -3.61. The normalized spacial score (nSPS) is 10.7. The maximum Gasteiger partial charge on any atom is 0.224 e. The van der Waals surface area contributed by atoms with Crippen LogP contribution in [-0.2, 0) is 6.54 Å². The Morgan fingerprint density at radius 2 is 1.93 bits per heavy atom. The lowest BCUT2D eigenvalue weighted by atomic mass is 10.2. The van der Waals surface area contributed by atoms with Crippen molar-refractivity contribution < 1.29 is 9.47 Å². The molecule has 3 heterocycles. The molecule has 0 saturated carbocycles. The van der Waals surface area contributed by atoms with Gasteiger partial charge < -0.3 is 14.8 Å². The van der Waals surface area contributed by atoms with Crippen LogP contribution in [0.2, 0.25) is 0 Å². The first-order chi connectivity index (χ1) is 13.2. The molecule has 0 bridgehead atoms. The van der Waals surface area contributed by atoms with Gasteiger partial charge in [-0.2, -0.15) is 5.10 Å². The molecule has 7 nitrogen and oxygen atoms in total. The van der Waals surface area contributed by atoms with Crippen LogP contribution < -0.4 is 14.8 Å². The first-order valence-electron chi connectivity index (χ1n) is 8.53. The molecule has 0 atom stereocenters. The van der Waals surface area contributed by atoms with Crippen LogP contribution in [0.1, 0.15) is 11.3 Å². The van der Waals surface area contributed by atoms with Gasteiger partial charge in [0, 0.05) is 36.8 Å². The maximum atomic E-state index is 5.96. The second-order valence-electron chi connectivity index (χ2n) is 5.99. The second kappa shape index (κ2) is 7.33. The number of ether oxygens (including phenoxy) is 2. The topological polar surface area (TPSA) is 73.6 Å². The van der Waals surface area contributed by atoms with Crippen molar-refractivity contribution in [3.05, 3.63) is 72.3 Å². The van der Waals surface area contributed by atoms with Gasteiger partial charge in [0.25, 0.3) is 0 Å². The number of benzene rings is 1. The fourth-order valence-electron chi connectivity index (χ4n) is 2.79. The van der Waals surface area contributed by atoms with Crippen molar-refractivity contribution in [2.24, 2.45) is 0 Å². The Kier molecular flexibility index (Phi) is 4.57. The second-order valence-corrected chi connectivity index (χ2v) is 5.99. The van der Waals surface area contributed by atoms with Gasteiger partial charge in [0.2, 0.25) is 5.88 Å². The van der Waals surface area contributed by atoms with E-state index in [9.17, 15) is 0 Å². The molecule has 1 N–H and O–H groups in total. The Morgan fingerprint density at radius 3 is 2.81 bits per heavy atom. The highest BCUT2D eigenvalue weighted by Crippen LogP contribution is 2.27. The largest absolute Gasteiger partial charge is 0.497 e. The summed E-state index contributed by atoms with van der Waals surface area (Å²) in [7, 11) is 1.63. The summed E-state index contributed by atoms with van der Waals surface area (Å²) in [6, 6.07) is 13.3. The van der Waals surface area contributed by atoms with Crippen LogP contribution in [0.5, 0.6) is 17.4 Å². The van der Waals surface area contributed by atoms with E-state index in [1.807, 2.05) is 60.1 Å². The fraction of sp³-hybridized carbons (Fsp3) is 0.150. The van der Waals surface area contributed by atoms with E-state index in [-0.39, 0.29) is 0 Å². The van der Waals surface area contributed by atoms with Crippen LogP contribution in [0.25, 0.3) is 5.52 Å². The van der Waals surface area contributed by atoms with Crippen LogP contribution in [0, 0.1) is 6.92 Å². The number of nitrogens with zero attached hydrogens (tertiary/aromatic N) is 4. The summed E-state index contributed by atoms with van der Waals surface area (Å²) >= 11 is 0. The van der Waals surface area contributed by atoms with Gasteiger partial charge in [0.05, 0.1) is 12.8 Å². The third-order valence-electron chi connectivity index (χ3n) is 4.06. The van der Waals surface area contributed by atoms with Crippen molar-refractivity contribution >= 4 is 11.3 Å². The number of nitrogens with one attached hydrogen (secondary N) is 1. The van der Waals surface area contributed by atoms with E-state index >= 15 is 0 Å². The monoisotopic (exact) mass is 361 g/mol. The molecule has 0 amide bonds. The van der Waals surface area contributed by atoms with E-state index in [1.165, 1.54) is 0 Å². The highest BCUT2D eigenvalue weighted by atomic mass is 16.5. The number of pyridine rings is 1. The molecule has 0 unspecified atom stereocenters. The van der Waals surface area contributed by atoms with Crippen LogP contribution in [-0.4, -0.2) is 26.7 Å². The molecule has 136 valence electrons. The Bertz CT molecular complexity index is 1080. The lowest BCUT2D eigenvalue weighted by Crippen LogP contribution is -2.05. The van der Waals surface area contributed by atoms with Crippen molar-refractivity contribution in [2.75, 3.05) is 12.4 Å². The van der Waals surface area contributed by atoms with Gasteiger partial charge in [0.1, 0.15) is 17.0 Å². The van der Waals surface area contributed by atoms with Crippen LogP contribution in [0.15, 0.2) is 61.1 Å². The third kappa shape index (κ3) is 3.67.